The van der Waals surface area contributed by atoms with Crippen LogP contribution in [0.5, 0.6) is 0 Å². The van der Waals surface area contributed by atoms with Crippen molar-refractivity contribution in [1.29, 1.82) is 0 Å². The largest absolute Gasteiger partial charge is 0.466 e. The van der Waals surface area contributed by atoms with Crippen LogP contribution in [0, 0.1) is 0 Å². The number of nitrogens with zero attached hydrogens (tertiary/aromatic N) is 2. The van der Waals surface area contributed by atoms with Gasteiger partial charge < -0.3 is 4.74 Å². The summed E-state index contributed by atoms with van der Waals surface area (Å²) in [5.41, 5.74) is 2.40. The molecule has 0 bridgehead atoms. The number of hydrazone groups is 1. The van der Waals surface area contributed by atoms with Crippen molar-refractivity contribution in [1.82, 2.24) is 4.98 Å². The van der Waals surface area contributed by atoms with Gasteiger partial charge in [0.05, 0.1) is 30.5 Å². The van der Waals surface area contributed by atoms with Gasteiger partial charge in [0.1, 0.15) is 0 Å². The van der Waals surface area contributed by atoms with E-state index in [4.69, 9.17) is 16.3 Å². The van der Waals surface area contributed by atoms with E-state index >= 15 is 0 Å². The van der Waals surface area contributed by atoms with Crippen molar-refractivity contribution >= 4 is 40.3 Å². The van der Waals surface area contributed by atoms with Gasteiger partial charge in [-0.1, -0.05) is 11.6 Å². The van der Waals surface area contributed by atoms with Crippen molar-refractivity contribution in [2.45, 2.75) is 19.5 Å². The Kier molecular flexibility index (Phi) is 6.38. The second kappa shape index (κ2) is 8.30. The van der Waals surface area contributed by atoms with Gasteiger partial charge in [-0.3, -0.25) is 10.2 Å². The smallest absolute Gasteiger partial charge is 0.416 e. The van der Waals surface area contributed by atoms with Crippen LogP contribution in [0.15, 0.2) is 28.7 Å². The number of hydrogen-bond acceptors (Lipinski definition) is 6. The van der Waals surface area contributed by atoms with Crippen LogP contribution < -0.4 is 5.43 Å². The number of thiazole rings is 1. The van der Waals surface area contributed by atoms with Crippen molar-refractivity contribution in [3.8, 4) is 0 Å². The van der Waals surface area contributed by atoms with Crippen LogP contribution in [-0.2, 0) is 22.1 Å². The van der Waals surface area contributed by atoms with Crippen molar-refractivity contribution < 1.29 is 22.7 Å². The molecule has 0 unspecified atom stereocenters. The number of benzene rings is 1. The highest BCUT2D eigenvalue weighted by Crippen LogP contribution is 2.31. The van der Waals surface area contributed by atoms with Crippen molar-refractivity contribution in [3.05, 3.63) is 45.4 Å². The monoisotopic (exact) mass is 391 g/mol. The Bertz CT molecular complexity index is 778. The summed E-state index contributed by atoms with van der Waals surface area (Å²) in [6.45, 7) is 2.00. The van der Waals surface area contributed by atoms with Gasteiger partial charge in [-0.15, -0.1) is 11.3 Å². The first-order chi connectivity index (χ1) is 11.8. The lowest BCUT2D eigenvalue weighted by Gasteiger charge is -2.07. The minimum absolute atomic E-state index is 0.0369. The van der Waals surface area contributed by atoms with Crippen LogP contribution in [0.4, 0.5) is 18.3 Å². The van der Waals surface area contributed by atoms with E-state index in [1.807, 2.05) is 0 Å². The van der Waals surface area contributed by atoms with Crippen molar-refractivity contribution in [2.75, 3.05) is 12.0 Å². The van der Waals surface area contributed by atoms with E-state index < -0.39 is 17.7 Å². The molecule has 1 N–H and O–H groups in total. The lowest BCUT2D eigenvalue weighted by Crippen LogP contribution is -2.07. The maximum Gasteiger partial charge on any atom is 0.416 e. The Labute approximate surface area is 150 Å². The van der Waals surface area contributed by atoms with E-state index in [1.54, 1.807) is 12.3 Å². The van der Waals surface area contributed by atoms with Gasteiger partial charge in [0.2, 0.25) is 5.13 Å². The number of ether oxygens (including phenoxy) is 1. The molecule has 1 aromatic carbocycles. The Hall–Kier alpha value is -2.13. The van der Waals surface area contributed by atoms with Crippen LogP contribution in [0.2, 0.25) is 5.02 Å². The molecule has 2 aromatic rings. The minimum Gasteiger partial charge on any atom is -0.466 e. The summed E-state index contributed by atoms with van der Waals surface area (Å²) in [5, 5.41) is 6.02. The highest BCUT2D eigenvalue weighted by molar-refractivity contribution is 7.13. The van der Waals surface area contributed by atoms with Crippen LogP contribution >= 0.6 is 22.9 Å². The second-order valence-electron chi connectivity index (χ2n) is 4.73. The molecule has 134 valence electrons. The zero-order valence-corrected chi connectivity index (χ0v) is 14.5. The number of alkyl halides is 3. The first kappa shape index (κ1) is 19.2. The third kappa shape index (κ3) is 5.71. The summed E-state index contributed by atoms with van der Waals surface area (Å²) in [6, 6.07) is 2.96. The molecule has 10 heteroatoms. The Balaban J connectivity index is 2.02. The van der Waals surface area contributed by atoms with Crippen LogP contribution in [-0.4, -0.2) is 23.8 Å². The summed E-state index contributed by atoms with van der Waals surface area (Å²) in [7, 11) is 0. The summed E-state index contributed by atoms with van der Waals surface area (Å²) >= 11 is 7.07. The topological polar surface area (TPSA) is 63.6 Å². The fourth-order valence-corrected chi connectivity index (χ4v) is 2.60. The summed E-state index contributed by atoms with van der Waals surface area (Å²) < 4.78 is 42.9. The molecule has 0 saturated carbocycles. The predicted molar refractivity (Wildman–Crippen MR) is 90.1 cm³/mol. The Morgan fingerprint density at radius 3 is 2.92 bits per heavy atom. The fraction of sp³-hybridized carbons (Fsp3) is 0.267. The fourth-order valence-electron chi connectivity index (χ4n) is 1.78. The molecule has 0 saturated heterocycles. The second-order valence-corrected chi connectivity index (χ2v) is 6.00. The number of carbonyl (C=O) groups excluding carboxylic acids is 1. The first-order valence-electron chi connectivity index (χ1n) is 7.05. The SMILES string of the molecule is CCOC(=O)Cc1csc(NN=Cc2cc(C(F)(F)F)ccc2Cl)n1. The number of anilines is 1. The molecule has 5 nitrogen and oxygen atoms in total. The highest BCUT2D eigenvalue weighted by Gasteiger charge is 2.30. The maximum absolute atomic E-state index is 12.7. The van der Waals surface area contributed by atoms with Gasteiger partial charge in [-0.05, 0) is 25.1 Å². The van der Waals surface area contributed by atoms with E-state index in [9.17, 15) is 18.0 Å². The third-order valence-electron chi connectivity index (χ3n) is 2.87. The minimum atomic E-state index is -4.46. The lowest BCUT2D eigenvalue weighted by molar-refractivity contribution is -0.142. The Morgan fingerprint density at radius 1 is 1.48 bits per heavy atom. The van der Waals surface area contributed by atoms with Gasteiger partial charge >= 0.3 is 12.1 Å². The van der Waals surface area contributed by atoms with Crippen LogP contribution in [0.3, 0.4) is 0 Å². The third-order valence-corrected chi connectivity index (χ3v) is 4.01. The van der Waals surface area contributed by atoms with E-state index in [0.29, 0.717) is 10.8 Å². The number of esters is 1. The Morgan fingerprint density at radius 2 is 2.24 bits per heavy atom. The molecule has 0 aliphatic heterocycles. The number of hydrogen-bond donors (Lipinski definition) is 1. The molecule has 25 heavy (non-hydrogen) atoms. The molecule has 2 rings (SSSR count). The predicted octanol–water partition coefficient (Wildman–Crippen LogP) is 4.37. The molecule has 1 heterocycles. The normalized spacial score (nSPS) is 11.7. The van der Waals surface area contributed by atoms with Crippen LogP contribution in [0.1, 0.15) is 23.7 Å². The van der Waals surface area contributed by atoms with Gasteiger partial charge in [0.25, 0.3) is 0 Å². The quantitative estimate of drug-likeness (QED) is 0.451. The van der Waals surface area contributed by atoms with Gasteiger partial charge in [-0.25, -0.2) is 4.98 Å². The first-order valence-corrected chi connectivity index (χ1v) is 8.31. The summed E-state index contributed by atoms with van der Waals surface area (Å²) in [6.07, 6.45) is -3.25. The van der Waals surface area contributed by atoms with Crippen molar-refractivity contribution in [3.63, 3.8) is 0 Å². The number of carbonyl (C=O) groups is 1. The zero-order valence-electron chi connectivity index (χ0n) is 12.9. The molecule has 0 aliphatic carbocycles. The standard InChI is InChI=1S/C15H13ClF3N3O2S/c1-2-24-13(23)6-11-8-25-14(21-11)22-20-7-9-5-10(15(17,18)19)3-4-12(9)16/h3-5,7-8H,2,6H2,1H3,(H,21,22). The number of nitrogens with one attached hydrogen (secondary N) is 1. The molecule has 0 atom stereocenters. The molecule has 0 aliphatic rings. The van der Waals surface area contributed by atoms with E-state index in [2.05, 4.69) is 15.5 Å². The van der Waals surface area contributed by atoms with Crippen LogP contribution in [0.25, 0.3) is 0 Å². The molecular weight excluding hydrogens is 379 g/mol. The average Bonchev–Trinajstić information content (AvgIpc) is 2.95. The van der Waals surface area contributed by atoms with Gasteiger partial charge in [0, 0.05) is 16.0 Å². The van der Waals surface area contributed by atoms with E-state index in [-0.39, 0.29) is 23.6 Å². The molecule has 1 aromatic heterocycles. The molecule has 0 spiro atoms. The highest BCUT2D eigenvalue weighted by atomic mass is 35.5. The zero-order chi connectivity index (χ0) is 18.4. The maximum atomic E-state index is 12.7. The number of aromatic nitrogens is 1. The van der Waals surface area contributed by atoms with Crippen molar-refractivity contribution in [2.24, 2.45) is 5.10 Å². The lowest BCUT2D eigenvalue weighted by atomic mass is 10.1. The molecule has 0 fully saturated rings. The number of halogens is 4. The van der Waals surface area contributed by atoms with Gasteiger partial charge in [-0.2, -0.15) is 18.3 Å². The average molecular weight is 392 g/mol. The molecule has 0 amide bonds. The van der Waals surface area contributed by atoms with Gasteiger partial charge in [0.15, 0.2) is 0 Å². The molecular formula is C15H13ClF3N3O2S. The van der Waals surface area contributed by atoms with E-state index in [1.165, 1.54) is 17.6 Å². The van der Waals surface area contributed by atoms with E-state index in [0.717, 1.165) is 18.2 Å². The number of rotatable bonds is 6. The summed E-state index contributed by atoms with van der Waals surface area (Å²) in [5.74, 6) is -0.390. The summed E-state index contributed by atoms with van der Waals surface area (Å²) in [4.78, 5) is 15.5. The molecule has 0 radical (unpaired) electrons.